The van der Waals surface area contributed by atoms with Crippen molar-refractivity contribution >= 4 is 117 Å². The van der Waals surface area contributed by atoms with E-state index in [0.29, 0.717) is 4.20 Å². The van der Waals surface area contributed by atoms with Crippen LogP contribution in [-0.2, 0) is 9.59 Å². The highest BCUT2D eigenvalue weighted by Gasteiger charge is 2.28. The maximum absolute atomic E-state index is 10.5. The minimum Gasteiger partial charge on any atom is -0.480 e. The van der Waals surface area contributed by atoms with E-state index in [2.05, 4.69) is 24.8 Å². The van der Waals surface area contributed by atoms with Gasteiger partial charge in [0.2, 0.25) is 0 Å². The lowest BCUT2D eigenvalue weighted by atomic mass is 10.2. The average molecular weight is 468 g/mol. The fourth-order valence-electron chi connectivity index (χ4n) is 0.403. The number of carboxylic acids is 1. The highest BCUT2D eigenvalue weighted by Crippen LogP contribution is 2.25. The van der Waals surface area contributed by atoms with Gasteiger partial charge in [-0.15, -0.1) is 24.2 Å². The van der Waals surface area contributed by atoms with E-state index in [0.717, 1.165) is 0 Å². The molecule has 0 aromatic carbocycles. The fourth-order valence-corrected chi connectivity index (χ4v) is 1.83. The first-order valence-electron chi connectivity index (χ1n) is 4.99. The van der Waals surface area contributed by atoms with Crippen molar-refractivity contribution in [2.75, 3.05) is 0 Å². The molecule has 0 unspecified atom stereocenters. The molecule has 3 nitrogen and oxygen atoms in total. The third-order valence-electron chi connectivity index (χ3n) is 0.914. The predicted molar refractivity (Wildman–Crippen MR) is 114 cm³/mol. The van der Waals surface area contributed by atoms with Crippen LogP contribution in [0.1, 0.15) is 34.6 Å². The normalized spacial score (nSPS) is 7.86. The Labute approximate surface area is 174 Å². The first kappa shape index (κ1) is 34.3. The number of ketones is 1. The Bertz CT molecular complexity index is 320. The van der Waals surface area contributed by atoms with Crippen molar-refractivity contribution < 1.29 is 14.7 Å². The number of carbonyl (C=O) groups is 2. The number of thioether (sulfide) groups is 1. The number of hydrogen-bond donors (Lipinski definition) is 2. The van der Waals surface area contributed by atoms with Crippen LogP contribution in [0.4, 0.5) is 0 Å². The Kier molecular flexibility index (Phi) is 34.3. The number of aliphatic carboxylic acids is 1. The number of Topliss-reactive ketones (excluding diaryl/α,β-unsaturated/α-hetero) is 1. The number of hydrogen-bond acceptors (Lipinski definition) is 5. The van der Waals surface area contributed by atoms with Crippen LogP contribution in [0.25, 0.3) is 0 Å². The first-order chi connectivity index (χ1) is 9.24. The lowest BCUT2D eigenvalue weighted by molar-refractivity contribution is -0.138. The maximum Gasteiger partial charge on any atom is 0.416 e. The maximum atomic E-state index is 10.5. The topological polar surface area (TPSA) is 54.4 Å². The van der Waals surface area contributed by atoms with Crippen molar-refractivity contribution in [2.24, 2.45) is 0 Å². The molecule has 1 N–H and O–H groups in total. The van der Waals surface area contributed by atoms with Crippen molar-refractivity contribution in [1.29, 1.82) is 0 Å². The molecule has 0 spiro atoms. The number of carboxylic acid groups (broad SMARTS) is 1. The van der Waals surface area contributed by atoms with Crippen LogP contribution in [0.15, 0.2) is 0 Å². The molecule has 22 heavy (non-hydrogen) atoms. The molecule has 0 aromatic rings. The second kappa shape index (κ2) is 22.0. The van der Waals surface area contributed by atoms with E-state index in [4.69, 9.17) is 52.1 Å². The van der Waals surface area contributed by atoms with E-state index in [1.165, 1.54) is 25.6 Å². The molecule has 0 radical (unpaired) electrons. The van der Waals surface area contributed by atoms with Gasteiger partial charge in [0.05, 0.1) is 0 Å². The molecule has 0 aliphatic heterocycles. The van der Waals surface area contributed by atoms with Gasteiger partial charge < -0.3 is 9.90 Å². The van der Waals surface area contributed by atoms with Gasteiger partial charge in [0.1, 0.15) is 10.5 Å². The van der Waals surface area contributed by atoms with E-state index in [1.807, 2.05) is 4.70 Å². The molecular weight excluding hydrogens is 450 g/mol. The quantitative estimate of drug-likeness (QED) is 0.302. The van der Waals surface area contributed by atoms with E-state index < -0.39 is 10.7 Å². The van der Waals surface area contributed by atoms with E-state index >= 15 is 0 Å². The van der Waals surface area contributed by atoms with Gasteiger partial charge in [-0.1, -0.05) is 12.2 Å². The molecule has 130 valence electrons. The van der Waals surface area contributed by atoms with Crippen LogP contribution in [0.2, 0.25) is 0 Å². The molecule has 0 atom stereocenters. The Hall–Kier alpha value is 0.960. The van der Waals surface area contributed by atoms with E-state index in [9.17, 15) is 9.59 Å². The molecular formula is C11H18Cl4O3S4+2. The average Bonchev–Trinajstić information content (AvgIpc) is 2.13. The second-order valence-electron chi connectivity index (χ2n) is 3.62. The third-order valence-corrected chi connectivity index (χ3v) is 2.14. The minimum atomic E-state index is -0.832. The molecule has 0 saturated heterocycles. The Morgan fingerprint density at radius 1 is 1.23 bits per heavy atom. The molecule has 0 rings (SSSR count). The zero-order valence-electron chi connectivity index (χ0n) is 12.5. The highest BCUT2D eigenvalue weighted by atomic mass is 35.6. The summed E-state index contributed by atoms with van der Waals surface area (Å²) in [7, 11) is 0. The molecule has 0 aromatic heterocycles. The summed E-state index contributed by atoms with van der Waals surface area (Å²) in [5.74, 6) is -0.665. The number of thiol groups is 1. The van der Waals surface area contributed by atoms with Crippen molar-refractivity contribution in [2.45, 2.75) is 39.4 Å². The second-order valence-corrected chi connectivity index (χ2v) is 8.78. The summed E-state index contributed by atoms with van der Waals surface area (Å²) in [6.45, 7) is 8.05. The van der Waals surface area contributed by atoms with Crippen LogP contribution < -0.4 is 0 Å². The Morgan fingerprint density at radius 2 is 1.41 bits per heavy atom. The zero-order chi connectivity index (χ0) is 18.2. The number of carbonyl (C=O) groups excluding carboxylic acids is 1. The van der Waals surface area contributed by atoms with Crippen LogP contribution in [0, 0.1) is 4.30 Å². The monoisotopic (exact) mass is 466 g/mol. The summed E-state index contributed by atoms with van der Waals surface area (Å²) in [5.41, 5.74) is 0. The van der Waals surface area contributed by atoms with E-state index in [1.54, 1.807) is 20.8 Å². The Morgan fingerprint density at radius 3 is 1.45 bits per heavy atom. The lowest BCUT2D eigenvalue weighted by Gasteiger charge is -2.16. The minimum absolute atomic E-state index is 0. The van der Waals surface area contributed by atoms with Gasteiger partial charge in [0.25, 0.3) is 12.2 Å². The van der Waals surface area contributed by atoms with Gasteiger partial charge in [0, 0.05) is 4.20 Å². The SMILES string of the molecule is CC(=S)SC(C)(C)C(=O)O.CC(C)=O.Cl.Cl[C+](Cl)Cl.S=[C+]S. The van der Waals surface area contributed by atoms with Crippen molar-refractivity contribution in [1.82, 2.24) is 0 Å². The predicted octanol–water partition coefficient (Wildman–Crippen LogP) is 5.85. The van der Waals surface area contributed by atoms with Crippen LogP contribution in [0.5, 0.6) is 0 Å². The summed E-state index contributed by atoms with van der Waals surface area (Å²) in [6, 6.07) is 0. The molecule has 0 aliphatic carbocycles. The fraction of sp³-hybridized carbons (Fsp3) is 0.545. The molecule has 0 heterocycles. The number of rotatable bonds is 2. The summed E-state index contributed by atoms with van der Waals surface area (Å²) < 4.78 is 1.73. The highest BCUT2D eigenvalue weighted by molar-refractivity contribution is 8.24. The van der Waals surface area contributed by atoms with Gasteiger partial charge in [-0.2, -0.15) is 0 Å². The van der Waals surface area contributed by atoms with Gasteiger partial charge in [-0.3, -0.25) is 4.79 Å². The summed E-state index contributed by atoms with van der Waals surface area (Å²) in [6.07, 6.45) is 0. The van der Waals surface area contributed by atoms with Crippen LogP contribution in [0.3, 0.4) is 0 Å². The first-order valence-corrected chi connectivity index (χ1v) is 8.20. The lowest BCUT2D eigenvalue weighted by Crippen LogP contribution is -2.28. The summed E-state index contributed by atoms with van der Waals surface area (Å²) >= 11 is 27.5. The van der Waals surface area contributed by atoms with Crippen LogP contribution >= 0.6 is 96.0 Å². The largest absolute Gasteiger partial charge is 0.480 e. The standard InChI is InChI=1S/C6H10O2S2.C3H6O.CCl3.CHS2.ClH/c1-4(9)10-6(2,3)5(7)8;1-3(2)4;2-1(3)4;2-1-3;/h1-3H3,(H,7,8);1-2H3;;(H,2,3);1H/q;;2*+1;. The molecule has 11 heteroatoms. The summed E-state index contributed by atoms with van der Waals surface area (Å²) in [5, 5.41) is 8.61. The smallest absolute Gasteiger partial charge is 0.416 e. The van der Waals surface area contributed by atoms with Crippen molar-refractivity contribution in [3.63, 3.8) is 0 Å². The van der Waals surface area contributed by atoms with Gasteiger partial charge in [-0.25, -0.2) is 0 Å². The van der Waals surface area contributed by atoms with Gasteiger partial charge in [0.15, 0.2) is 47.4 Å². The summed E-state index contributed by atoms with van der Waals surface area (Å²) in [4.78, 5) is 19.9. The molecule has 0 saturated carbocycles. The Balaban J connectivity index is -0.0000000674. The molecule has 0 aliphatic rings. The zero-order valence-corrected chi connectivity index (χ0v) is 18.9. The van der Waals surface area contributed by atoms with Crippen LogP contribution in [-0.4, -0.2) is 30.5 Å². The third kappa shape index (κ3) is 58.4. The molecule has 0 bridgehead atoms. The van der Waals surface area contributed by atoms with Gasteiger partial charge >= 0.3 is 15.0 Å². The van der Waals surface area contributed by atoms with Crippen molar-refractivity contribution in [3.05, 3.63) is 4.30 Å². The van der Waals surface area contributed by atoms with Crippen molar-refractivity contribution in [3.8, 4) is 0 Å². The number of halogens is 4. The molecule has 0 fully saturated rings. The molecule has 0 amide bonds. The number of thiocarbonyl (C=S) groups is 2. The van der Waals surface area contributed by atoms with Gasteiger partial charge in [-0.05, 0) is 34.6 Å². The van der Waals surface area contributed by atoms with E-state index in [-0.39, 0.29) is 22.5 Å².